The Bertz CT molecular complexity index is 183. The number of hydrogen-bond donors (Lipinski definition) is 1. The monoisotopic (exact) mass is 212 g/mol. The maximum atomic E-state index is 3.63. The second-order valence-corrected chi connectivity index (χ2v) is 5.92. The lowest BCUT2D eigenvalue weighted by atomic mass is 10.1. The van der Waals surface area contributed by atoms with Crippen LogP contribution in [-0.4, -0.2) is 35.6 Å². The van der Waals surface area contributed by atoms with Crippen LogP contribution in [0, 0.1) is 0 Å². The zero-order valence-corrected chi connectivity index (χ0v) is 11.1. The zero-order valence-electron chi connectivity index (χ0n) is 11.1. The second kappa shape index (κ2) is 5.31. The van der Waals surface area contributed by atoms with E-state index in [9.17, 15) is 0 Å². The molecule has 2 heteroatoms. The summed E-state index contributed by atoms with van der Waals surface area (Å²) in [5, 5.41) is 3.63. The fourth-order valence-electron chi connectivity index (χ4n) is 2.32. The van der Waals surface area contributed by atoms with Gasteiger partial charge in [0.25, 0.3) is 0 Å². The Balaban J connectivity index is 2.40. The number of likely N-dealkylation sites (tertiary alicyclic amines) is 1. The summed E-state index contributed by atoms with van der Waals surface area (Å²) in [4.78, 5) is 2.68. The summed E-state index contributed by atoms with van der Waals surface area (Å²) in [6, 6.07) is 1.51. The molecule has 2 atom stereocenters. The fraction of sp³-hybridized carbons (Fsp3) is 1.00. The molecule has 1 N–H and O–H groups in total. The van der Waals surface area contributed by atoms with Crippen LogP contribution in [0.25, 0.3) is 0 Å². The Kier molecular flexibility index (Phi) is 4.60. The van der Waals surface area contributed by atoms with E-state index in [-0.39, 0.29) is 5.54 Å². The molecule has 0 aromatic carbocycles. The summed E-state index contributed by atoms with van der Waals surface area (Å²) in [6.45, 7) is 13.8. The summed E-state index contributed by atoms with van der Waals surface area (Å²) >= 11 is 0. The Morgan fingerprint density at radius 2 is 2.07 bits per heavy atom. The Morgan fingerprint density at radius 3 is 2.60 bits per heavy atom. The van der Waals surface area contributed by atoms with Crippen LogP contribution in [0.1, 0.15) is 53.9 Å². The maximum absolute atomic E-state index is 3.63. The Hall–Kier alpha value is -0.0800. The van der Waals surface area contributed by atoms with Gasteiger partial charge in [-0.25, -0.2) is 0 Å². The van der Waals surface area contributed by atoms with Crippen molar-refractivity contribution >= 4 is 0 Å². The molecule has 0 aromatic heterocycles. The lowest BCUT2D eigenvalue weighted by molar-refractivity contribution is 0.176. The lowest BCUT2D eigenvalue weighted by Crippen LogP contribution is -2.47. The van der Waals surface area contributed by atoms with E-state index in [1.807, 2.05) is 0 Å². The van der Waals surface area contributed by atoms with Gasteiger partial charge in [0.2, 0.25) is 0 Å². The van der Waals surface area contributed by atoms with Gasteiger partial charge in [0.05, 0.1) is 0 Å². The van der Waals surface area contributed by atoms with Gasteiger partial charge < -0.3 is 5.32 Å². The van der Waals surface area contributed by atoms with Crippen molar-refractivity contribution in [1.82, 2.24) is 10.2 Å². The third-order valence-electron chi connectivity index (χ3n) is 3.45. The third kappa shape index (κ3) is 4.12. The fourth-order valence-corrected chi connectivity index (χ4v) is 2.32. The molecule has 0 aromatic rings. The molecule has 0 spiro atoms. The number of rotatable bonds is 4. The highest BCUT2D eigenvalue weighted by Gasteiger charge is 2.28. The van der Waals surface area contributed by atoms with E-state index < -0.39 is 0 Å². The van der Waals surface area contributed by atoms with Gasteiger partial charge in [0.1, 0.15) is 0 Å². The third-order valence-corrected chi connectivity index (χ3v) is 3.45. The van der Waals surface area contributed by atoms with Crippen LogP contribution in [0.15, 0.2) is 0 Å². The summed E-state index contributed by atoms with van der Waals surface area (Å²) in [7, 11) is 0. The van der Waals surface area contributed by atoms with Crippen LogP contribution >= 0.6 is 0 Å². The van der Waals surface area contributed by atoms with E-state index >= 15 is 0 Å². The van der Waals surface area contributed by atoms with Gasteiger partial charge >= 0.3 is 0 Å². The van der Waals surface area contributed by atoms with Crippen molar-refractivity contribution in [1.29, 1.82) is 0 Å². The normalized spacial score (nSPS) is 25.8. The predicted molar refractivity (Wildman–Crippen MR) is 67.2 cm³/mol. The van der Waals surface area contributed by atoms with Gasteiger partial charge in [-0.1, -0.05) is 6.92 Å². The molecular weight excluding hydrogens is 184 g/mol. The van der Waals surface area contributed by atoms with Gasteiger partial charge in [0, 0.05) is 24.2 Å². The zero-order chi connectivity index (χ0) is 11.5. The smallest absolute Gasteiger partial charge is 0.0224 e. The molecule has 0 amide bonds. The van der Waals surface area contributed by atoms with Gasteiger partial charge in [-0.2, -0.15) is 0 Å². The van der Waals surface area contributed by atoms with Crippen molar-refractivity contribution in [3.8, 4) is 0 Å². The Labute approximate surface area is 95.4 Å². The second-order valence-electron chi connectivity index (χ2n) is 5.92. The summed E-state index contributed by atoms with van der Waals surface area (Å²) in [5.41, 5.74) is 0.254. The van der Waals surface area contributed by atoms with Crippen LogP contribution in [0.2, 0.25) is 0 Å². The van der Waals surface area contributed by atoms with Gasteiger partial charge in [-0.05, 0) is 53.5 Å². The average Bonchev–Trinajstić information content (AvgIpc) is 2.60. The first-order valence-electron chi connectivity index (χ1n) is 6.45. The summed E-state index contributed by atoms with van der Waals surface area (Å²) in [6.07, 6.45) is 4.01. The summed E-state index contributed by atoms with van der Waals surface area (Å²) in [5.74, 6) is 0. The van der Waals surface area contributed by atoms with Crippen LogP contribution in [-0.2, 0) is 0 Å². The molecule has 0 bridgehead atoms. The molecule has 1 aliphatic heterocycles. The summed E-state index contributed by atoms with van der Waals surface area (Å²) < 4.78 is 0. The van der Waals surface area contributed by atoms with E-state index in [1.54, 1.807) is 0 Å². The first-order valence-corrected chi connectivity index (χ1v) is 6.45. The standard InChI is InChI=1S/C13H28N2/c1-6-11(2)15-9-7-8-12(15)10-14-13(3,4)5/h11-12,14H,6-10H2,1-5H3. The van der Waals surface area contributed by atoms with E-state index in [0.717, 1.165) is 18.6 Å². The predicted octanol–water partition coefficient (Wildman–Crippen LogP) is 2.64. The minimum atomic E-state index is 0.254. The van der Waals surface area contributed by atoms with Crippen LogP contribution in [0.3, 0.4) is 0 Å². The highest BCUT2D eigenvalue weighted by molar-refractivity contribution is 4.86. The topological polar surface area (TPSA) is 15.3 Å². The minimum absolute atomic E-state index is 0.254. The van der Waals surface area contributed by atoms with E-state index in [2.05, 4.69) is 44.8 Å². The Morgan fingerprint density at radius 1 is 1.40 bits per heavy atom. The average molecular weight is 212 g/mol. The van der Waals surface area contributed by atoms with E-state index in [0.29, 0.717) is 0 Å². The first kappa shape index (κ1) is 13.0. The van der Waals surface area contributed by atoms with Gasteiger partial charge in [-0.15, -0.1) is 0 Å². The molecule has 15 heavy (non-hydrogen) atoms. The highest BCUT2D eigenvalue weighted by Crippen LogP contribution is 2.21. The van der Waals surface area contributed by atoms with Gasteiger partial charge in [0.15, 0.2) is 0 Å². The molecule has 0 aliphatic carbocycles. The molecule has 2 unspecified atom stereocenters. The molecule has 90 valence electrons. The molecular formula is C13H28N2. The van der Waals surface area contributed by atoms with Crippen LogP contribution in [0.4, 0.5) is 0 Å². The quantitative estimate of drug-likeness (QED) is 0.770. The van der Waals surface area contributed by atoms with Crippen molar-refractivity contribution in [3.05, 3.63) is 0 Å². The van der Waals surface area contributed by atoms with Crippen LogP contribution < -0.4 is 5.32 Å². The minimum Gasteiger partial charge on any atom is -0.311 e. The van der Waals surface area contributed by atoms with Crippen molar-refractivity contribution in [2.75, 3.05) is 13.1 Å². The molecule has 2 nitrogen and oxygen atoms in total. The molecule has 0 radical (unpaired) electrons. The van der Waals surface area contributed by atoms with Gasteiger partial charge in [-0.3, -0.25) is 4.90 Å². The molecule has 1 saturated heterocycles. The highest BCUT2D eigenvalue weighted by atomic mass is 15.2. The van der Waals surface area contributed by atoms with Crippen molar-refractivity contribution < 1.29 is 0 Å². The van der Waals surface area contributed by atoms with Crippen molar-refractivity contribution in [2.24, 2.45) is 0 Å². The molecule has 1 aliphatic rings. The van der Waals surface area contributed by atoms with Crippen LogP contribution in [0.5, 0.6) is 0 Å². The lowest BCUT2D eigenvalue weighted by Gasteiger charge is -2.32. The van der Waals surface area contributed by atoms with E-state index in [4.69, 9.17) is 0 Å². The van der Waals surface area contributed by atoms with Crippen molar-refractivity contribution in [3.63, 3.8) is 0 Å². The number of hydrogen-bond acceptors (Lipinski definition) is 2. The van der Waals surface area contributed by atoms with Crippen molar-refractivity contribution in [2.45, 2.75) is 71.5 Å². The molecule has 1 fully saturated rings. The molecule has 0 saturated carbocycles. The largest absolute Gasteiger partial charge is 0.311 e. The number of nitrogens with one attached hydrogen (secondary N) is 1. The number of nitrogens with zero attached hydrogens (tertiary/aromatic N) is 1. The first-order chi connectivity index (χ1) is 6.94. The maximum Gasteiger partial charge on any atom is 0.0224 e. The molecule has 1 rings (SSSR count). The van der Waals surface area contributed by atoms with E-state index in [1.165, 1.54) is 25.8 Å². The SMILES string of the molecule is CCC(C)N1CCCC1CNC(C)(C)C. The molecule has 1 heterocycles.